The number of unbranched alkanes of at least 4 members (excludes halogenated alkanes) is 2. The molecule has 20 heavy (non-hydrogen) atoms. The molecule has 1 aromatic rings. The van der Waals surface area contributed by atoms with Gasteiger partial charge in [0.1, 0.15) is 0 Å². The van der Waals surface area contributed by atoms with Crippen molar-refractivity contribution in [3.63, 3.8) is 0 Å². The van der Waals surface area contributed by atoms with E-state index >= 15 is 0 Å². The van der Waals surface area contributed by atoms with E-state index in [0.29, 0.717) is 0 Å². The smallest absolute Gasteiger partial charge is 0.0639 e. The van der Waals surface area contributed by atoms with Gasteiger partial charge in [0.25, 0.3) is 0 Å². The molecule has 0 saturated carbocycles. The minimum atomic E-state index is 0.869. The highest BCUT2D eigenvalue weighted by atomic mass is 35.5. The summed E-state index contributed by atoms with van der Waals surface area (Å²) in [5, 5.41) is 4.07. The second-order valence-electron chi connectivity index (χ2n) is 5.44. The summed E-state index contributed by atoms with van der Waals surface area (Å²) in [5.41, 5.74) is 1.18. The zero-order valence-electron chi connectivity index (χ0n) is 12.4. The molecule has 1 fully saturated rings. The molecule has 0 aromatic heterocycles. The van der Waals surface area contributed by atoms with Crippen LogP contribution in [-0.4, -0.2) is 51.2 Å². The molecular weight excluding hydrogens is 270 g/mol. The molecule has 1 aliphatic heterocycles. The summed E-state index contributed by atoms with van der Waals surface area (Å²) in [5.74, 6) is 0. The maximum atomic E-state index is 6.26. The van der Waals surface area contributed by atoms with Crippen molar-refractivity contribution >= 4 is 17.3 Å². The summed E-state index contributed by atoms with van der Waals surface area (Å²) >= 11 is 6.26. The molecule has 2 rings (SSSR count). The Morgan fingerprint density at radius 3 is 2.50 bits per heavy atom. The molecule has 0 radical (unpaired) electrons. The van der Waals surface area contributed by atoms with Gasteiger partial charge in [0.05, 0.1) is 10.7 Å². The number of nitrogens with one attached hydrogen (secondary N) is 1. The van der Waals surface area contributed by atoms with Crippen molar-refractivity contribution < 1.29 is 0 Å². The molecule has 1 aromatic carbocycles. The summed E-state index contributed by atoms with van der Waals surface area (Å²) in [7, 11) is 2.02. The molecule has 0 bridgehead atoms. The van der Waals surface area contributed by atoms with Crippen LogP contribution in [0.5, 0.6) is 0 Å². The molecule has 0 unspecified atom stereocenters. The quantitative estimate of drug-likeness (QED) is 0.781. The Morgan fingerprint density at radius 1 is 1.05 bits per heavy atom. The SMILES string of the molecule is CNCCCCCN1CCN(c2ccccc2Cl)CC1. The fourth-order valence-electron chi connectivity index (χ4n) is 2.73. The van der Waals surface area contributed by atoms with Gasteiger partial charge in [0, 0.05) is 26.2 Å². The third-order valence-corrected chi connectivity index (χ3v) is 4.29. The van der Waals surface area contributed by atoms with Crippen LogP contribution < -0.4 is 10.2 Å². The van der Waals surface area contributed by atoms with Gasteiger partial charge in [-0.15, -0.1) is 0 Å². The van der Waals surface area contributed by atoms with E-state index in [2.05, 4.69) is 27.2 Å². The van der Waals surface area contributed by atoms with E-state index in [-0.39, 0.29) is 0 Å². The third kappa shape index (κ3) is 4.65. The van der Waals surface area contributed by atoms with Crippen LogP contribution in [0.1, 0.15) is 19.3 Å². The van der Waals surface area contributed by atoms with Crippen molar-refractivity contribution in [3.8, 4) is 0 Å². The van der Waals surface area contributed by atoms with Crippen molar-refractivity contribution in [2.75, 3.05) is 51.2 Å². The van der Waals surface area contributed by atoms with Crippen molar-refractivity contribution in [3.05, 3.63) is 29.3 Å². The summed E-state index contributed by atoms with van der Waals surface area (Å²) in [6.07, 6.45) is 3.93. The van der Waals surface area contributed by atoms with E-state index in [1.165, 1.54) is 31.5 Å². The zero-order chi connectivity index (χ0) is 14.2. The number of halogens is 1. The number of benzene rings is 1. The Bertz CT molecular complexity index is 389. The average Bonchev–Trinajstić information content (AvgIpc) is 2.48. The average molecular weight is 296 g/mol. The predicted octanol–water partition coefficient (Wildman–Crippen LogP) is 2.85. The maximum Gasteiger partial charge on any atom is 0.0639 e. The molecule has 0 aliphatic carbocycles. The summed E-state index contributed by atoms with van der Waals surface area (Å²) in [4.78, 5) is 4.98. The first-order valence-electron chi connectivity index (χ1n) is 7.67. The molecule has 1 N–H and O–H groups in total. The molecule has 112 valence electrons. The summed E-state index contributed by atoms with van der Waals surface area (Å²) in [6, 6.07) is 8.16. The molecule has 0 atom stereocenters. The predicted molar refractivity (Wildman–Crippen MR) is 87.9 cm³/mol. The lowest BCUT2D eigenvalue weighted by Crippen LogP contribution is -2.46. The number of anilines is 1. The lowest BCUT2D eigenvalue weighted by atomic mass is 10.2. The van der Waals surface area contributed by atoms with Gasteiger partial charge in [-0.2, -0.15) is 0 Å². The molecule has 3 nitrogen and oxygen atoms in total. The molecule has 0 amide bonds. The molecule has 1 aliphatic rings. The highest BCUT2D eigenvalue weighted by molar-refractivity contribution is 6.33. The minimum absolute atomic E-state index is 0.869. The standard InChI is InChI=1S/C16H26ClN3/c1-18-9-5-2-6-10-19-11-13-20(14-12-19)16-8-4-3-7-15(16)17/h3-4,7-8,18H,2,5-6,9-14H2,1H3. The van der Waals surface area contributed by atoms with E-state index in [0.717, 1.165) is 37.7 Å². The van der Waals surface area contributed by atoms with Gasteiger partial charge >= 0.3 is 0 Å². The molecule has 0 spiro atoms. The molecule has 1 heterocycles. The summed E-state index contributed by atoms with van der Waals surface area (Å²) in [6.45, 7) is 6.84. The van der Waals surface area contributed by atoms with Gasteiger partial charge in [0.2, 0.25) is 0 Å². The van der Waals surface area contributed by atoms with Crippen LogP contribution in [0.25, 0.3) is 0 Å². The number of nitrogens with zero attached hydrogens (tertiary/aromatic N) is 2. The lowest BCUT2D eigenvalue weighted by Gasteiger charge is -2.36. The molecule has 1 saturated heterocycles. The van der Waals surface area contributed by atoms with Crippen LogP contribution in [0.15, 0.2) is 24.3 Å². The van der Waals surface area contributed by atoms with Crippen LogP contribution in [0.2, 0.25) is 5.02 Å². The van der Waals surface area contributed by atoms with Gasteiger partial charge < -0.3 is 10.2 Å². The Balaban J connectivity index is 1.69. The van der Waals surface area contributed by atoms with Crippen molar-refractivity contribution in [1.82, 2.24) is 10.2 Å². The Labute approximate surface area is 127 Å². The molecule has 4 heteroatoms. The van der Waals surface area contributed by atoms with Gasteiger partial charge in [0.15, 0.2) is 0 Å². The van der Waals surface area contributed by atoms with E-state index < -0.39 is 0 Å². The fourth-order valence-corrected chi connectivity index (χ4v) is 2.99. The minimum Gasteiger partial charge on any atom is -0.368 e. The van der Waals surface area contributed by atoms with Crippen molar-refractivity contribution in [2.45, 2.75) is 19.3 Å². The first-order valence-corrected chi connectivity index (χ1v) is 8.05. The first-order chi connectivity index (χ1) is 9.81. The van der Waals surface area contributed by atoms with E-state index in [4.69, 9.17) is 11.6 Å². The van der Waals surface area contributed by atoms with Crippen LogP contribution in [0.3, 0.4) is 0 Å². The fraction of sp³-hybridized carbons (Fsp3) is 0.625. The lowest BCUT2D eigenvalue weighted by molar-refractivity contribution is 0.252. The van der Waals surface area contributed by atoms with E-state index in [9.17, 15) is 0 Å². The Hall–Kier alpha value is -0.770. The van der Waals surface area contributed by atoms with Gasteiger partial charge in [-0.3, -0.25) is 4.90 Å². The largest absolute Gasteiger partial charge is 0.368 e. The van der Waals surface area contributed by atoms with Gasteiger partial charge in [-0.05, 0) is 45.1 Å². The summed E-state index contributed by atoms with van der Waals surface area (Å²) < 4.78 is 0. The van der Waals surface area contributed by atoms with Crippen LogP contribution in [-0.2, 0) is 0 Å². The van der Waals surface area contributed by atoms with Crippen LogP contribution in [0, 0.1) is 0 Å². The third-order valence-electron chi connectivity index (χ3n) is 3.97. The number of hydrogen-bond donors (Lipinski definition) is 1. The Kier molecular flexibility index (Phi) is 6.64. The second kappa shape index (κ2) is 8.50. The topological polar surface area (TPSA) is 18.5 Å². The number of para-hydroxylation sites is 1. The maximum absolute atomic E-state index is 6.26. The van der Waals surface area contributed by atoms with Gasteiger partial charge in [-0.25, -0.2) is 0 Å². The van der Waals surface area contributed by atoms with Gasteiger partial charge in [-0.1, -0.05) is 30.2 Å². The van der Waals surface area contributed by atoms with E-state index in [1.807, 2.05) is 19.2 Å². The van der Waals surface area contributed by atoms with Crippen molar-refractivity contribution in [1.29, 1.82) is 0 Å². The zero-order valence-corrected chi connectivity index (χ0v) is 13.2. The number of hydrogen-bond acceptors (Lipinski definition) is 3. The number of piperazine rings is 1. The van der Waals surface area contributed by atoms with Crippen LogP contribution >= 0.6 is 11.6 Å². The Morgan fingerprint density at radius 2 is 1.80 bits per heavy atom. The van der Waals surface area contributed by atoms with Crippen LogP contribution in [0.4, 0.5) is 5.69 Å². The monoisotopic (exact) mass is 295 g/mol. The second-order valence-corrected chi connectivity index (χ2v) is 5.85. The highest BCUT2D eigenvalue weighted by Crippen LogP contribution is 2.25. The molecular formula is C16H26ClN3. The van der Waals surface area contributed by atoms with Crippen molar-refractivity contribution in [2.24, 2.45) is 0 Å². The number of rotatable bonds is 7. The normalized spacial score (nSPS) is 16.6. The highest BCUT2D eigenvalue weighted by Gasteiger charge is 2.17. The van der Waals surface area contributed by atoms with E-state index in [1.54, 1.807) is 0 Å². The first kappa shape index (κ1) is 15.6.